The summed E-state index contributed by atoms with van der Waals surface area (Å²) in [5.74, 6) is 2.28. The molecule has 2 aromatic heterocycles. The maximum Gasteiger partial charge on any atom is 0.203 e. The van der Waals surface area contributed by atoms with Crippen molar-refractivity contribution >= 4 is 22.3 Å². The number of aryl methyl sites for hydroxylation is 2. The molecule has 3 aromatic rings. The van der Waals surface area contributed by atoms with E-state index in [-0.39, 0.29) is 0 Å². The Morgan fingerprint density at radius 2 is 2.00 bits per heavy atom. The molecule has 7 nitrogen and oxygen atoms in total. The number of hydrogen-bond donors (Lipinski definition) is 1. The zero-order chi connectivity index (χ0) is 19.8. The van der Waals surface area contributed by atoms with E-state index in [0.717, 1.165) is 45.5 Å². The monoisotopic (exact) mass is 396 g/mol. The third-order valence-electron chi connectivity index (χ3n) is 4.95. The highest BCUT2D eigenvalue weighted by molar-refractivity contribution is 7.18. The summed E-state index contributed by atoms with van der Waals surface area (Å²) in [5.41, 5.74) is 11.2. The molecule has 1 aliphatic heterocycles. The Hall–Kier alpha value is -2.74. The lowest BCUT2D eigenvalue weighted by Crippen LogP contribution is -2.28. The molecule has 0 bridgehead atoms. The van der Waals surface area contributed by atoms with Crippen LogP contribution in [0.4, 0.5) is 10.9 Å². The van der Waals surface area contributed by atoms with Crippen LogP contribution in [0, 0.1) is 13.8 Å². The van der Waals surface area contributed by atoms with Crippen molar-refractivity contribution in [2.75, 3.05) is 23.8 Å². The van der Waals surface area contributed by atoms with Crippen LogP contribution in [0.25, 0.3) is 10.6 Å². The lowest BCUT2D eigenvalue weighted by Gasteiger charge is -2.25. The van der Waals surface area contributed by atoms with Gasteiger partial charge >= 0.3 is 0 Å². The zero-order valence-electron chi connectivity index (χ0n) is 16.6. The van der Waals surface area contributed by atoms with Gasteiger partial charge < -0.3 is 15.4 Å². The van der Waals surface area contributed by atoms with E-state index in [2.05, 4.69) is 58.0 Å². The lowest BCUT2D eigenvalue weighted by molar-refractivity contribution is 0.329. The van der Waals surface area contributed by atoms with Crippen molar-refractivity contribution in [1.82, 2.24) is 20.2 Å². The summed E-state index contributed by atoms with van der Waals surface area (Å²) in [7, 11) is 0. The van der Waals surface area contributed by atoms with Crippen molar-refractivity contribution in [1.29, 1.82) is 0 Å². The number of fused-ring (bicyclic) bond motifs is 1. The van der Waals surface area contributed by atoms with Gasteiger partial charge in [0.15, 0.2) is 0 Å². The topological polar surface area (TPSA) is 90.0 Å². The van der Waals surface area contributed by atoms with Crippen LogP contribution in [0.1, 0.15) is 42.1 Å². The Balaban J connectivity index is 1.76. The van der Waals surface area contributed by atoms with Crippen LogP contribution in [0.3, 0.4) is 0 Å². The van der Waals surface area contributed by atoms with Gasteiger partial charge in [0.25, 0.3) is 0 Å². The fourth-order valence-corrected chi connectivity index (χ4v) is 4.37. The molecule has 0 saturated heterocycles. The summed E-state index contributed by atoms with van der Waals surface area (Å²) in [6.45, 7) is 10.6. The van der Waals surface area contributed by atoms with E-state index in [1.165, 1.54) is 16.9 Å². The molecule has 0 saturated carbocycles. The predicted molar refractivity (Wildman–Crippen MR) is 112 cm³/mol. The van der Waals surface area contributed by atoms with Crippen molar-refractivity contribution < 1.29 is 4.74 Å². The number of rotatable bonds is 3. The molecule has 1 aliphatic rings. The molecule has 0 aliphatic carbocycles. The van der Waals surface area contributed by atoms with Gasteiger partial charge in [0.1, 0.15) is 29.5 Å². The fourth-order valence-electron chi connectivity index (χ4n) is 3.77. The summed E-state index contributed by atoms with van der Waals surface area (Å²) in [4.78, 5) is 11.3. The first-order valence-electron chi connectivity index (χ1n) is 9.36. The van der Waals surface area contributed by atoms with Crippen molar-refractivity contribution in [3.63, 3.8) is 0 Å². The van der Waals surface area contributed by atoms with Crippen LogP contribution in [-0.4, -0.2) is 33.3 Å². The molecule has 8 heteroatoms. The molecular formula is C20H24N6OS. The minimum Gasteiger partial charge on any atom is -0.491 e. The second-order valence-electron chi connectivity index (χ2n) is 7.35. The molecule has 4 rings (SSSR count). The summed E-state index contributed by atoms with van der Waals surface area (Å²) < 4.78 is 6.12. The van der Waals surface area contributed by atoms with Crippen LogP contribution in [0.5, 0.6) is 5.75 Å². The summed E-state index contributed by atoms with van der Waals surface area (Å²) in [5, 5.41) is 9.43. The number of nitrogens with zero attached hydrogens (tertiary/aromatic N) is 5. The van der Waals surface area contributed by atoms with Crippen molar-refractivity contribution in [2.45, 2.75) is 40.2 Å². The van der Waals surface area contributed by atoms with Crippen LogP contribution >= 0.6 is 11.3 Å². The van der Waals surface area contributed by atoms with Gasteiger partial charge in [-0.3, -0.25) is 0 Å². The van der Waals surface area contributed by atoms with Gasteiger partial charge in [0.2, 0.25) is 5.13 Å². The number of aromatic nitrogens is 4. The summed E-state index contributed by atoms with van der Waals surface area (Å²) in [6.07, 6.45) is 1.65. The molecule has 0 radical (unpaired) electrons. The van der Waals surface area contributed by atoms with Crippen molar-refractivity contribution in [3.05, 3.63) is 40.8 Å². The molecule has 2 N–H and O–H groups in total. The third-order valence-corrected chi connectivity index (χ3v) is 5.75. The maximum atomic E-state index is 6.12. The van der Waals surface area contributed by atoms with Gasteiger partial charge in [-0.05, 0) is 37.5 Å². The molecule has 0 atom stereocenters. The van der Waals surface area contributed by atoms with Crippen LogP contribution < -0.4 is 15.4 Å². The molecule has 0 fully saturated rings. The molecule has 146 valence electrons. The minimum atomic E-state index is 0.345. The van der Waals surface area contributed by atoms with Crippen molar-refractivity contribution in [2.24, 2.45) is 0 Å². The molecule has 0 spiro atoms. The molecule has 28 heavy (non-hydrogen) atoms. The van der Waals surface area contributed by atoms with E-state index < -0.39 is 0 Å². The fraction of sp³-hybridized carbons (Fsp3) is 0.400. The van der Waals surface area contributed by atoms with E-state index in [4.69, 9.17) is 10.5 Å². The average molecular weight is 397 g/mol. The van der Waals surface area contributed by atoms with Crippen molar-refractivity contribution in [3.8, 4) is 16.3 Å². The van der Waals surface area contributed by atoms with E-state index in [9.17, 15) is 0 Å². The molecule has 0 amide bonds. The predicted octanol–water partition coefficient (Wildman–Crippen LogP) is 3.72. The number of nitrogen functional groups attached to an aromatic ring is 1. The largest absolute Gasteiger partial charge is 0.491 e. The number of nitrogens with two attached hydrogens (primary N) is 1. The highest BCUT2D eigenvalue weighted by atomic mass is 32.1. The number of hydrogen-bond acceptors (Lipinski definition) is 8. The highest BCUT2D eigenvalue weighted by Crippen LogP contribution is 2.36. The highest BCUT2D eigenvalue weighted by Gasteiger charge is 2.23. The van der Waals surface area contributed by atoms with Gasteiger partial charge in [-0.25, -0.2) is 9.97 Å². The SMILES string of the molecule is Cc1cc(-c2nnc(N)s2)cc2c1OCCN(c1ncnc(C)c1C(C)C)C2. The number of benzene rings is 1. The zero-order valence-corrected chi connectivity index (χ0v) is 17.4. The maximum absolute atomic E-state index is 6.12. The average Bonchev–Trinajstić information content (AvgIpc) is 2.96. The quantitative estimate of drug-likeness (QED) is 0.721. The Morgan fingerprint density at radius 3 is 2.71 bits per heavy atom. The van der Waals surface area contributed by atoms with Crippen LogP contribution in [0.15, 0.2) is 18.5 Å². The lowest BCUT2D eigenvalue weighted by atomic mass is 10.0. The normalized spacial score (nSPS) is 14.0. The standard InChI is InChI=1S/C20H24N6OS/c1-11(2)16-13(4)22-10-23-18(16)26-5-6-27-17-12(3)7-14(8-15(17)9-26)19-24-25-20(21)28-19/h7-8,10-11H,5-6,9H2,1-4H3,(H2,21,25). The second kappa shape index (κ2) is 7.35. The first-order valence-corrected chi connectivity index (χ1v) is 10.2. The van der Waals surface area contributed by atoms with E-state index in [0.29, 0.717) is 24.2 Å². The smallest absolute Gasteiger partial charge is 0.203 e. The molecule has 0 unspecified atom stereocenters. The molecule has 1 aromatic carbocycles. The Kier molecular flexibility index (Phi) is 4.89. The van der Waals surface area contributed by atoms with Crippen LogP contribution in [-0.2, 0) is 6.54 Å². The molecule has 3 heterocycles. The third kappa shape index (κ3) is 3.40. The first kappa shape index (κ1) is 18.6. The van der Waals surface area contributed by atoms with Crippen LogP contribution in [0.2, 0.25) is 0 Å². The molecular weight excluding hydrogens is 372 g/mol. The minimum absolute atomic E-state index is 0.345. The Morgan fingerprint density at radius 1 is 1.18 bits per heavy atom. The van der Waals surface area contributed by atoms with E-state index in [1.54, 1.807) is 6.33 Å². The van der Waals surface area contributed by atoms with E-state index in [1.807, 2.05) is 6.92 Å². The first-order chi connectivity index (χ1) is 13.4. The Labute approximate surface area is 168 Å². The summed E-state index contributed by atoms with van der Waals surface area (Å²) >= 11 is 1.39. The Bertz CT molecular complexity index is 1020. The van der Waals surface area contributed by atoms with Gasteiger partial charge in [-0.2, -0.15) is 0 Å². The number of anilines is 2. The van der Waals surface area contributed by atoms with E-state index >= 15 is 0 Å². The summed E-state index contributed by atoms with van der Waals surface area (Å²) in [6, 6.07) is 4.21. The number of ether oxygens (including phenoxy) is 1. The van der Waals surface area contributed by atoms with Gasteiger partial charge in [-0.1, -0.05) is 25.2 Å². The van der Waals surface area contributed by atoms with Gasteiger partial charge in [0, 0.05) is 28.9 Å². The second-order valence-corrected chi connectivity index (χ2v) is 8.36. The van der Waals surface area contributed by atoms with Gasteiger partial charge in [0.05, 0.1) is 6.54 Å². The van der Waals surface area contributed by atoms with Gasteiger partial charge in [-0.15, -0.1) is 10.2 Å².